The second-order valence-electron chi connectivity index (χ2n) is 6.93. The Hall–Kier alpha value is -1.93. The van der Waals surface area contributed by atoms with Crippen LogP contribution in [-0.2, 0) is 19.6 Å². The van der Waals surface area contributed by atoms with Gasteiger partial charge in [-0.15, -0.1) is 0 Å². The number of amides is 1. The summed E-state index contributed by atoms with van der Waals surface area (Å²) < 4.78 is 31.7. The van der Waals surface area contributed by atoms with E-state index in [4.69, 9.17) is 4.74 Å². The molecule has 1 aromatic carbocycles. The van der Waals surface area contributed by atoms with E-state index in [1.165, 1.54) is 16.4 Å². The average Bonchev–Trinajstić information content (AvgIpc) is 2.60. The van der Waals surface area contributed by atoms with Crippen LogP contribution in [0.3, 0.4) is 0 Å². The Labute approximate surface area is 162 Å². The van der Waals surface area contributed by atoms with Gasteiger partial charge in [-0.2, -0.15) is 4.31 Å². The first-order valence-electron chi connectivity index (χ1n) is 9.07. The molecule has 8 heteroatoms. The highest BCUT2D eigenvalue weighted by molar-refractivity contribution is 7.89. The highest BCUT2D eigenvalue weighted by Gasteiger charge is 2.24. The molecule has 0 saturated heterocycles. The Morgan fingerprint density at radius 1 is 1.15 bits per heavy atom. The normalized spacial score (nSPS) is 12.1. The van der Waals surface area contributed by atoms with Crippen molar-refractivity contribution in [3.8, 4) is 0 Å². The van der Waals surface area contributed by atoms with Crippen LogP contribution in [0, 0.1) is 6.92 Å². The summed E-state index contributed by atoms with van der Waals surface area (Å²) in [6, 6.07) is 4.34. The van der Waals surface area contributed by atoms with Crippen LogP contribution < -0.4 is 5.32 Å². The van der Waals surface area contributed by atoms with Crippen molar-refractivity contribution in [1.29, 1.82) is 0 Å². The van der Waals surface area contributed by atoms with E-state index in [-0.39, 0.29) is 10.5 Å². The molecule has 7 nitrogen and oxygen atoms in total. The zero-order valence-corrected chi connectivity index (χ0v) is 17.8. The molecule has 0 aliphatic heterocycles. The van der Waals surface area contributed by atoms with Crippen molar-refractivity contribution < 1.29 is 22.7 Å². The lowest BCUT2D eigenvalue weighted by Crippen LogP contribution is -2.44. The van der Waals surface area contributed by atoms with E-state index >= 15 is 0 Å². The molecule has 0 spiro atoms. The van der Waals surface area contributed by atoms with Crippen LogP contribution in [0.4, 0.5) is 0 Å². The summed E-state index contributed by atoms with van der Waals surface area (Å²) in [5.74, 6) is -1.13. The smallest absolute Gasteiger partial charge is 0.338 e. The van der Waals surface area contributed by atoms with Gasteiger partial charge < -0.3 is 10.1 Å². The topological polar surface area (TPSA) is 92.8 Å². The van der Waals surface area contributed by atoms with Crippen molar-refractivity contribution in [3.63, 3.8) is 0 Å². The van der Waals surface area contributed by atoms with Gasteiger partial charge in [-0.1, -0.05) is 26.8 Å². The van der Waals surface area contributed by atoms with E-state index in [0.717, 1.165) is 6.42 Å². The van der Waals surface area contributed by atoms with Gasteiger partial charge in [0.25, 0.3) is 5.91 Å². The van der Waals surface area contributed by atoms with Crippen LogP contribution in [0.15, 0.2) is 23.1 Å². The van der Waals surface area contributed by atoms with Crippen LogP contribution in [0.1, 0.15) is 57.0 Å². The van der Waals surface area contributed by atoms with Crippen molar-refractivity contribution in [2.24, 2.45) is 0 Å². The summed E-state index contributed by atoms with van der Waals surface area (Å²) in [6.45, 7) is 11.1. The average molecular weight is 399 g/mol. The number of aryl methyl sites for hydroxylation is 1. The lowest BCUT2D eigenvalue weighted by Gasteiger charge is -2.24. The highest BCUT2D eigenvalue weighted by Crippen LogP contribution is 2.20. The third kappa shape index (κ3) is 6.04. The summed E-state index contributed by atoms with van der Waals surface area (Å²) in [5.41, 5.74) is 0.315. The van der Waals surface area contributed by atoms with Gasteiger partial charge in [-0.05, 0) is 44.9 Å². The van der Waals surface area contributed by atoms with Crippen LogP contribution in [0.2, 0.25) is 0 Å². The van der Waals surface area contributed by atoms with Crippen LogP contribution in [0.25, 0.3) is 0 Å². The van der Waals surface area contributed by atoms with Gasteiger partial charge in [-0.3, -0.25) is 4.79 Å². The number of carbonyl (C=O) groups is 2. The Balaban J connectivity index is 2.97. The number of hydrogen-bond acceptors (Lipinski definition) is 5. The van der Waals surface area contributed by atoms with E-state index < -0.39 is 34.0 Å². The van der Waals surface area contributed by atoms with Gasteiger partial charge in [0.05, 0.1) is 10.5 Å². The summed E-state index contributed by atoms with van der Waals surface area (Å²) in [6.07, 6.45) is 0.733. The molecule has 0 aromatic heterocycles. The number of benzene rings is 1. The minimum Gasteiger partial charge on any atom is -0.452 e. The van der Waals surface area contributed by atoms with E-state index in [1.807, 2.05) is 20.8 Å². The molecule has 1 rings (SSSR count). The van der Waals surface area contributed by atoms with Crippen molar-refractivity contribution in [1.82, 2.24) is 9.62 Å². The maximum absolute atomic E-state index is 12.6. The number of carbonyl (C=O) groups excluding carboxylic acids is 2. The molecule has 27 heavy (non-hydrogen) atoms. The first kappa shape index (κ1) is 23.1. The Morgan fingerprint density at radius 2 is 1.74 bits per heavy atom. The van der Waals surface area contributed by atoms with Crippen LogP contribution >= 0.6 is 0 Å². The van der Waals surface area contributed by atoms with Gasteiger partial charge >= 0.3 is 5.97 Å². The second-order valence-corrected chi connectivity index (χ2v) is 8.87. The van der Waals surface area contributed by atoms with Crippen LogP contribution in [-0.4, -0.2) is 49.8 Å². The predicted octanol–water partition coefficient (Wildman–Crippen LogP) is 2.49. The van der Waals surface area contributed by atoms with E-state index in [2.05, 4.69) is 5.32 Å². The second kappa shape index (κ2) is 9.32. The first-order chi connectivity index (χ1) is 12.5. The number of nitrogens with one attached hydrogen (secondary N) is 1. The molecule has 1 N–H and O–H groups in total. The molecule has 0 saturated carbocycles. The monoisotopic (exact) mass is 398 g/mol. The minimum atomic E-state index is -3.69. The minimum absolute atomic E-state index is 0.0281. The number of hydrogen-bond donors (Lipinski definition) is 1. The Bertz CT molecular complexity index is 783. The van der Waals surface area contributed by atoms with E-state index in [9.17, 15) is 18.0 Å². The number of nitrogens with zero attached hydrogens (tertiary/aromatic N) is 1. The fraction of sp³-hybridized carbons (Fsp3) is 0.579. The quantitative estimate of drug-likeness (QED) is 0.645. The molecule has 0 atom stereocenters. The third-order valence-corrected chi connectivity index (χ3v) is 6.51. The summed E-state index contributed by atoms with van der Waals surface area (Å²) in [7, 11) is -3.69. The number of sulfonamides is 1. The third-order valence-electron chi connectivity index (χ3n) is 4.47. The van der Waals surface area contributed by atoms with Crippen molar-refractivity contribution in [2.45, 2.75) is 58.4 Å². The predicted molar refractivity (Wildman–Crippen MR) is 104 cm³/mol. The van der Waals surface area contributed by atoms with Crippen molar-refractivity contribution >= 4 is 21.9 Å². The van der Waals surface area contributed by atoms with Crippen molar-refractivity contribution in [3.05, 3.63) is 29.3 Å². The van der Waals surface area contributed by atoms with Gasteiger partial charge in [0, 0.05) is 18.6 Å². The molecule has 0 bridgehead atoms. The molecular formula is C19H30N2O5S. The molecule has 0 fully saturated rings. The molecule has 0 radical (unpaired) electrons. The van der Waals surface area contributed by atoms with Gasteiger partial charge in [0.1, 0.15) is 0 Å². The van der Waals surface area contributed by atoms with Gasteiger partial charge in [0.15, 0.2) is 6.61 Å². The molecular weight excluding hydrogens is 368 g/mol. The summed E-state index contributed by atoms with van der Waals surface area (Å²) in [4.78, 5) is 24.4. The van der Waals surface area contributed by atoms with E-state index in [0.29, 0.717) is 18.7 Å². The fourth-order valence-electron chi connectivity index (χ4n) is 2.40. The van der Waals surface area contributed by atoms with E-state index in [1.54, 1.807) is 26.8 Å². The number of esters is 1. The number of rotatable bonds is 9. The van der Waals surface area contributed by atoms with Gasteiger partial charge in [-0.25, -0.2) is 13.2 Å². The largest absolute Gasteiger partial charge is 0.452 e. The molecule has 0 aliphatic carbocycles. The maximum atomic E-state index is 12.6. The fourth-order valence-corrected chi connectivity index (χ4v) is 3.89. The summed E-state index contributed by atoms with van der Waals surface area (Å²) >= 11 is 0. The van der Waals surface area contributed by atoms with Crippen molar-refractivity contribution in [2.75, 3.05) is 19.7 Å². The maximum Gasteiger partial charge on any atom is 0.338 e. The first-order valence-corrected chi connectivity index (χ1v) is 10.5. The Morgan fingerprint density at radius 3 is 2.26 bits per heavy atom. The molecule has 0 aliphatic rings. The summed E-state index contributed by atoms with van der Waals surface area (Å²) in [5, 5.41) is 2.77. The highest BCUT2D eigenvalue weighted by atomic mass is 32.2. The SMILES string of the molecule is CCN(CC)S(=O)(=O)c1ccc(C)c(C(=O)OCC(=O)NC(C)(C)CC)c1. The lowest BCUT2D eigenvalue weighted by molar-refractivity contribution is -0.125. The molecule has 152 valence electrons. The molecule has 1 aromatic rings. The van der Waals surface area contributed by atoms with Gasteiger partial charge in [0.2, 0.25) is 10.0 Å². The zero-order valence-electron chi connectivity index (χ0n) is 17.0. The molecule has 0 unspecified atom stereocenters. The number of ether oxygens (including phenoxy) is 1. The zero-order chi connectivity index (χ0) is 20.8. The lowest BCUT2D eigenvalue weighted by atomic mass is 10.0. The molecule has 0 heterocycles. The molecule has 1 amide bonds. The standard InChI is InChI=1S/C19H30N2O5S/c1-7-19(5,6)20-17(22)13-26-18(23)16-12-15(11-10-14(16)4)27(24,25)21(8-2)9-3/h10-12H,7-9,13H2,1-6H3,(H,20,22). The van der Waals surface area contributed by atoms with Crippen LogP contribution in [0.5, 0.6) is 0 Å². The Kier molecular flexibility index (Phi) is 7.98.